The van der Waals surface area contributed by atoms with Crippen LogP contribution >= 0.6 is 0 Å². The van der Waals surface area contributed by atoms with E-state index < -0.39 is 0 Å². The Bertz CT molecular complexity index is 968. The first kappa shape index (κ1) is 26.3. The smallest absolute Gasteiger partial charge is 0.302 e. The van der Waals surface area contributed by atoms with Crippen molar-refractivity contribution in [2.45, 2.75) is 113 Å². The molecular formula is C32H51NO3. The highest BCUT2D eigenvalue weighted by Crippen LogP contribution is 2.77. The Morgan fingerprint density at radius 1 is 0.944 bits per heavy atom. The summed E-state index contributed by atoms with van der Waals surface area (Å²) in [7, 11) is 0. The molecule has 0 saturated heterocycles. The second kappa shape index (κ2) is 8.34. The van der Waals surface area contributed by atoms with Crippen molar-refractivity contribution in [3.8, 4) is 0 Å². The summed E-state index contributed by atoms with van der Waals surface area (Å²) in [5, 5.41) is 13.6. The normalized spacial score (nSPS) is 50.4. The topological polar surface area (TPSA) is 58.9 Å². The Morgan fingerprint density at radius 3 is 2.31 bits per heavy atom. The van der Waals surface area contributed by atoms with E-state index >= 15 is 0 Å². The Morgan fingerprint density at radius 2 is 1.67 bits per heavy atom. The van der Waals surface area contributed by atoms with Crippen LogP contribution in [0.5, 0.6) is 0 Å². The van der Waals surface area contributed by atoms with Gasteiger partial charge in [0.25, 0.3) is 0 Å². The first-order chi connectivity index (χ1) is 16.8. The Hall–Kier alpha value is -1.32. The lowest BCUT2D eigenvalue weighted by Gasteiger charge is -2.72. The van der Waals surface area contributed by atoms with Crippen LogP contribution in [0.4, 0.5) is 0 Å². The molecular weight excluding hydrogens is 446 g/mol. The van der Waals surface area contributed by atoms with Crippen molar-refractivity contribution in [2.75, 3.05) is 6.61 Å². The maximum atomic E-state index is 11.9. The minimum absolute atomic E-state index is 0.0386. The van der Waals surface area contributed by atoms with E-state index in [4.69, 9.17) is 4.74 Å². The molecule has 9 atom stereocenters. The van der Waals surface area contributed by atoms with Crippen LogP contribution in [0, 0.1) is 56.7 Å². The van der Waals surface area contributed by atoms with Gasteiger partial charge in [-0.25, -0.2) is 0 Å². The summed E-state index contributed by atoms with van der Waals surface area (Å²) in [6, 6.07) is 0. The molecule has 1 N–H and O–H groups in total. The third-order valence-electron chi connectivity index (χ3n) is 13.7. The van der Waals surface area contributed by atoms with Crippen LogP contribution in [0.2, 0.25) is 0 Å². The van der Waals surface area contributed by atoms with E-state index in [0.29, 0.717) is 47.0 Å². The maximum Gasteiger partial charge on any atom is 0.302 e. The van der Waals surface area contributed by atoms with E-state index in [0.717, 1.165) is 18.6 Å². The van der Waals surface area contributed by atoms with Gasteiger partial charge >= 0.3 is 5.97 Å². The molecule has 0 bridgehead atoms. The minimum Gasteiger partial charge on any atom is -0.465 e. The highest BCUT2D eigenvalue weighted by molar-refractivity contribution is 5.90. The third-order valence-corrected chi connectivity index (χ3v) is 13.7. The summed E-state index contributed by atoms with van der Waals surface area (Å²) >= 11 is 0. The molecule has 0 amide bonds. The zero-order valence-corrected chi connectivity index (χ0v) is 24.1. The molecule has 4 heteroatoms. The highest BCUT2D eigenvalue weighted by Gasteiger charge is 2.70. The lowest BCUT2D eigenvalue weighted by Crippen LogP contribution is -2.66. The summed E-state index contributed by atoms with van der Waals surface area (Å²) in [6.07, 6.45) is 12.0. The van der Waals surface area contributed by atoms with Crippen LogP contribution in [0.15, 0.2) is 17.3 Å². The highest BCUT2D eigenvalue weighted by atomic mass is 16.5. The quantitative estimate of drug-likeness (QED) is 0.186. The number of carbonyl (C=O) groups is 1. The van der Waals surface area contributed by atoms with Crippen LogP contribution in [-0.2, 0) is 9.53 Å². The Kier molecular flexibility index (Phi) is 6.09. The molecule has 0 aromatic rings. The fraction of sp³-hybridized carbons (Fsp3) is 0.875. The van der Waals surface area contributed by atoms with E-state index in [1.165, 1.54) is 56.9 Å². The molecule has 5 saturated carbocycles. The zero-order valence-electron chi connectivity index (χ0n) is 24.1. The van der Waals surface area contributed by atoms with Crippen molar-refractivity contribution >= 4 is 11.7 Å². The molecule has 0 heterocycles. The molecule has 0 aromatic heterocycles. The number of allylic oxidation sites excluding steroid dienone is 1. The summed E-state index contributed by atoms with van der Waals surface area (Å²) < 4.78 is 5.79. The monoisotopic (exact) mass is 497 g/mol. The SMILES string of the molecule is C=C(C)[C@@H]1CC[C@]2(COC(C)=O)CC[C@]3(C)[C@H](CC[C@@H]4[C@@]5(C)CC/C(=N/O)C(C)(C)[C@@H]5CC[C@]43C)[C@@H]12. The number of hydrogen-bond donors (Lipinski definition) is 1. The molecule has 0 aromatic carbocycles. The molecule has 0 unspecified atom stereocenters. The molecule has 5 aliphatic carbocycles. The van der Waals surface area contributed by atoms with Gasteiger partial charge in [0.1, 0.15) is 0 Å². The van der Waals surface area contributed by atoms with Crippen molar-refractivity contribution in [3.05, 3.63) is 12.2 Å². The van der Waals surface area contributed by atoms with Crippen LogP contribution < -0.4 is 0 Å². The second-order valence-corrected chi connectivity index (χ2v) is 15.1. The van der Waals surface area contributed by atoms with Gasteiger partial charge in [-0.3, -0.25) is 4.79 Å². The molecule has 5 aliphatic rings. The fourth-order valence-corrected chi connectivity index (χ4v) is 11.8. The number of carbonyl (C=O) groups excluding carboxylic acids is 1. The first-order valence-electron chi connectivity index (χ1n) is 14.8. The average molecular weight is 498 g/mol. The fourth-order valence-electron chi connectivity index (χ4n) is 11.8. The van der Waals surface area contributed by atoms with Gasteiger partial charge in [0.05, 0.1) is 12.3 Å². The van der Waals surface area contributed by atoms with E-state index in [-0.39, 0.29) is 22.2 Å². The van der Waals surface area contributed by atoms with Crippen molar-refractivity contribution in [2.24, 2.45) is 61.8 Å². The van der Waals surface area contributed by atoms with Gasteiger partial charge in [-0.2, -0.15) is 0 Å². The van der Waals surface area contributed by atoms with Gasteiger partial charge in [0.15, 0.2) is 0 Å². The maximum absolute atomic E-state index is 11.9. The molecule has 0 spiro atoms. The molecule has 5 rings (SSSR count). The first-order valence-corrected chi connectivity index (χ1v) is 14.8. The van der Waals surface area contributed by atoms with Gasteiger partial charge in [-0.05, 0) is 117 Å². The van der Waals surface area contributed by atoms with Crippen LogP contribution in [0.25, 0.3) is 0 Å². The number of esters is 1. The standard InChI is InChI=1S/C32H51NO3/c1-20(2)22-11-16-32(19-36-21(3)34)18-17-30(7)23(27(22)32)9-10-25-29(6)14-13-26(33-35)28(4,5)24(29)12-15-31(25,30)8/h22-25,27,35H,1,9-19H2,2-8H3/b33-26-/t22-,23+,24-,25+,27+,29-,30+,31+,32+/m0/s1. The largest absolute Gasteiger partial charge is 0.465 e. The van der Waals surface area contributed by atoms with Gasteiger partial charge in [0, 0.05) is 17.8 Å². The summed E-state index contributed by atoms with van der Waals surface area (Å²) in [5.74, 6) is 2.93. The van der Waals surface area contributed by atoms with E-state index in [9.17, 15) is 10.0 Å². The summed E-state index contributed by atoms with van der Waals surface area (Å²) in [4.78, 5) is 11.9. The van der Waals surface area contributed by atoms with Gasteiger partial charge < -0.3 is 9.94 Å². The lowest BCUT2D eigenvalue weighted by atomic mass is 9.32. The van der Waals surface area contributed by atoms with Crippen molar-refractivity contribution in [1.82, 2.24) is 0 Å². The number of oxime groups is 1. The zero-order chi connectivity index (χ0) is 26.3. The van der Waals surface area contributed by atoms with Gasteiger partial charge in [0.2, 0.25) is 0 Å². The van der Waals surface area contributed by atoms with E-state index in [1.54, 1.807) is 6.92 Å². The Labute approximate surface area is 219 Å². The van der Waals surface area contributed by atoms with Gasteiger partial charge in [-0.15, -0.1) is 0 Å². The number of hydrogen-bond acceptors (Lipinski definition) is 4. The van der Waals surface area contributed by atoms with Crippen molar-refractivity contribution < 1.29 is 14.7 Å². The van der Waals surface area contributed by atoms with Crippen molar-refractivity contribution in [1.29, 1.82) is 0 Å². The van der Waals surface area contributed by atoms with Crippen molar-refractivity contribution in [3.63, 3.8) is 0 Å². The molecule has 5 fully saturated rings. The number of fused-ring (bicyclic) bond motifs is 7. The summed E-state index contributed by atoms with van der Waals surface area (Å²) in [6.45, 7) is 21.5. The molecule has 36 heavy (non-hydrogen) atoms. The predicted molar refractivity (Wildman–Crippen MR) is 145 cm³/mol. The Balaban J connectivity index is 1.53. The van der Waals surface area contributed by atoms with E-state index in [1.807, 2.05) is 0 Å². The predicted octanol–water partition coefficient (Wildman–Crippen LogP) is 8.04. The van der Waals surface area contributed by atoms with Crippen LogP contribution in [0.1, 0.15) is 113 Å². The van der Waals surface area contributed by atoms with E-state index in [2.05, 4.69) is 53.3 Å². The number of rotatable bonds is 3. The molecule has 0 aliphatic heterocycles. The van der Waals surface area contributed by atoms with Crippen LogP contribution in [-0.4, -0.2) is 23.5 Å². The minimum atomic E-state index is -0.136. The molecule has 202 valence electrons. The van der Waals surface area contributed by atoms with Gasteiger partial charge in [-0.1, -0.05) is 51.9 Å². The number of nitrogens with zero attached hydrogens (tertiary/aromatic N) is 1. The third kappa shape index (κ3) is 3.30. The second-order valence-electron chi connectivity index (χ2n) is 15.1. The number of ether oxygens (including phenoxy) is 1. The molecule has 4 nitrogen and oxygen atoms in total. The molecule has 0 radical (unpaired) electrons. The van der Waals surface area contributed by atoms with Crippen LogP contribution in [0.3, 0.4) is 0 Å². The lowest BCUT2D eigenvalue weighted by molar-refractivity contribution is -0.231. The summed E-state index contributed by atoms with van der Waals surface area (Å²) in [5.41, 5.74) is 3.32. The average Bonchev–Trinajstić information content (AvgIpc) is 3.18.